The van der Waals surface area contributed by atoms with Crippen LogP contribution < -0.4 is 0 Å². The summed E-state index contributed by atoms with van der Waals surface area (Å²) in [6, 6.07) is 7.51. The van der Waals surface area contributed by atoms with Crippen molar-refractivity contribution in [2.45, 2.75) is 35.7 Å². The Morgan fingerprint density at radius 2 is 2.15 bits per heavy atom. The lowest BCUT2D eigenvalue weighted by Crippen LogP contribution is -2.58. The number of hydrogen-bond acceptors (Lipinski definition) is 4. The van der Waals surface area contributed by atoms with Crippen LogP contribution in [0.5, 0.6) is 0 Å². The molecule has 2 aliphatic carbocycles. The molecular weight excluding hydrogens is 256 g/mol. The van der Waals surface area contributed by atoms with E-state index in [0.29, 0.717) is 12.0 Å². The van der Waals surface area contributed by atoms with Gasteiger partial charge >= 0.3 is 0 Å². The summed E-state index contributed by atoms with van der Waals surface area (Å²) < 4.78 is 11.4. The van der Waals surface area contributed by atoms with E-state index in [4.69, 9.17) is 9.47 Å². The normalized spacial score (nSPS) is 47.4. The summed E-state index contributed by atoms with van der Waals surface area (Å²) in [6.45, 7) is 1.86. The van der Waals surface area contributed by atoms with Crippen molar-refractivity contribution in [2.24, 2.45) is 0 Å². The zero-order chi connectivity index (χ0) is 14.2. The van der Waals surface area contributed by atoms with E-state index < -0.39 is 22.4 Å². The zero-order valence-electron chi connectivity index (χ0n) is 11.4. The first-order valence-corrected chi connectivity index (χ1v) is 6.71. The highest BCUT2D eigenvalue weighted by Gasteiger charge is 2.89. The Morgan fingerprint density at radius 1 is 1.40 bits per heavy atom. The molecule has 4 heteroatoms. The lowest BCUT2D eigenvalue weighted by Gasteiger charge is -2.45. The van der Waals surface area contributed by atoms with Crippen molar-refractivity contribution >= 4 is 12.4 Å². The van der Waals surface area contributed by atoms with Gasteiger partial charge in [0.2, 0.25) is 0 Å². The number of methoxy groups -OCH3 is 1. The molecule has 0 bridgehead atoms. The van der Waals surface area contributed by atoms with Gasteiger partial charge in [-0.1, -0.05) is 30.3 Å². The van der Waals surface area contributed by atoms with Crippen molar-refractivity contribution in [2.75, 3.05) is 7.11 Å². The third kappa shape index (κ3) is 0.954. The second-order valence-electron chi connectivity index (χ2n) is 6.09. The first-order chi connectivity index (χ1) is 9.49. The Hall–Kier alpha value is -1.49. The fraction of sp³-hybridized carbons (Fsp3) is 0.438. The number of aliphatic hydroxyl groups is 1. The number of rotatable bonds is 2. The summed E-state index contributed by atoms with van der Waals surface area (Å²) >= 11 is 0. The number of epoxide rings is 1. The molecule has 4 rings (SSSR count). The molecule has 1 aromatic carbocycles. The van der Waals surface area contributed by atoms with E-state index in [1.54, 1.807) is 7.11 Å². The Morgan fingerprint density at radius 3 is 2.85 bits per heavy atom. The van der Waals surface area contributed by atoms with Gasteiger partial charge < -0.3 is 14.6 Å². The number of fused-ring (bicyclic) bond motifs is 5. The molecule has 1 heterocycles. The second kappa shape index (κ2) is 3.22. The second-order valence-corrected chi connectivity index (χ2v) is 6.09. The van der Waals surface area contributed by atoms with Crippen molar-refractivity contribution < 1.29 is 19.4 Å². The molecule has 3 aliphatic rings. The van der Waals surface area contributed by atoms with Crippen LogP contribution >= 0.6 is 0 Å². The van der Waals surface area contributed by atoms with Crippen LogP contribution in [0.2, 0.25) is 0 Å². The fourth-order valence-corrected chi connectivity index (χ4v) is 4.22. The van der Waals surface area contributed by atoms with Gasteiger partial charge in [0.1, 0.15) is 11.2 Å². The largest absolute Gasteiger partial charge is 0.378 e. The number of ether oxygens (including phenoxy) is 2. The number of hydrogen-bond donors (Lipinski definition) is 1. The molecule has 4 atom stereocenters. The highest BCUT2D eigenvalue weighted by molar-refractivity contribution is 5.80. The molecule has 1 saturated carbocycles. The highest BCUT2D eigenvalue weighted by Crippen LogP contribution is 2.72. The van der Waals surface area contributed by atoms with Gasteiger partial charge in [-0.3, -0.25) is 4.79 Å². The van der Waals surface area contributed by atoms with Crippen molar-refractivity contribution in [1.29, 1.82) is 0 Å². The Labute approximate surface area is 117 Å². The maximum Gasteiger partial charge on any atom is 0.188 e. The van der Waals surface area contributed by atoms with E-state index in [-0.39, 0.29) is 0 Å². The van der Waals surface area contributed by atoms with Crippen LogP contribution in [-0.2, 0) is 19.9 Å². The van der Waals surface area contributed by atoms with Crippen molar-refractivity contribution in [1.82, 2.24) is 0 Å². The molecule has 0 aromatic heterocycles. The average molecular weight is 272 g/mol. The maximum atomic E-state index is 11.7. The molecule has 1 aromatic rings. The molecule has 0 radical (unpaired) electrons. The van der Waals surface area contributed by atoms with Gasteiger partial charge in [0.05, 0.1) is 0 Å². The zero-order valence-corrected chi connectivity index (χ0v) is 11.4. The molecule has 1 saturated heterocycles. The van der Waals surface area contributed by atoms with E-state index in [9.17, 15) is 9.90 Å². The smallest absolute Gasteiger partial charge is 0.188 e. The minimum atomic E-state index is -1.49. The van der Waals surface area contributed by atoms with E-state index in [0.717, 1.165) is 11.8 Å². The predicted molar refractivity (Wildman–Crippen MR) is 72.0 cm³/mol. The van der Waals surface area contributed by atoms with Gasteiger partial charge in [0.25, 0.3) is 0 Å². The standard InChI is InChI=1S/C16H16O4/c1-13-9-14(19-2)8-7-11-5-3-4-6-12(11)16(14,18)15(13,10-17)20-13/h3-8,10,18H,9H2,1-2H3/t13?,14-,15?,16-/m1/s1. The molecule has 2 unspecified atom stereocenters. The van der Waals surface area contributed by atoms with E-state index in [1.807, 2.05) is 43.3 Å². The summed E-state index contributed by atoms with van der Waals surface area (Å²) in [5, 5.41) is 11.5. The number of carbonyl (C=O) groups is 1. The number of benzene rings is 1. The van der Waals surface area contributed by atoms with Gasteiger partial charge in [0.15, 0.2) is 17.5 Å². The SMILES string of the molecule is CO[C@@]12C=Cc3ccccc3[C@]1(O)C1(C=O)OC1(C)C2. The monoisotopic (exact) mass is 272 g/mol. The fourth-order valence-electron chi connectivity index (χ4n) is 4.22. The summed E-state index contributed by atoms with van der Waals surface area (Å²) in [6.07, 6.45) is 5.00. The van der Waals surface area contributed by atoms with E-state index in [1.165, 1.54) is 0 Å². The number of aldehydes is 1. The summed E-state index contributed by atoms with van der Waals surface area (Å²) in [5.74, 6) is 0. The van der Waals surface area contributed by atoms with Crippen LogP contribution in [0.15, 0.2) is 30.3 Å². The molecule has 1 N–H and O–H groups in total. The quantitative estimate of drug-likeness (QED) is 0.653. The van der Waals surface area contributed by atoms with Crippen molar-refractivity contribution in [3.63, 3.8) is 0 Å². The number of carbonyl (C=O) groups excluding carboxylic acids is 1. The maximum absolute atomic E-state index is 11.7. The van der Waals surface area contributed by atoms with Crippen molar-refractivity contribution in [3.05, 3.63) is 41.5 Å². The first-order valence-electron chi connectivity index (χ1n) is 6.71. The van der Waals surface area contributed by atoms with Crippen LogP contribution in [0.4, 0.5) is 0 Å². The van der Waals surface area contributed by atoms with Crippen LogP contribution in [-0.4, -0.2) is 35.3 Å². The van der Waals surface area contributed by atoms with Crippen LogP contribution in [0.3, 0.4) is 0 Å². The third-order valence-electron chi connectivity index (χ3n) is 5.29. The molecular formula is C16H16O4. The lowest BCUT2D eigenvalue weighted by atomic mass is 9.69. The molecule has 104 valence electrons. The van der Waals surface area contributed by atoms with Gasteiger partial charge in [0, 0.05) is 13.5 Å². The van der Waals surface area contributed by atoms with E-state index in [2.05, 4.69) is 0 Å². The van der Waals surface area contributed by atoms with Crippen LogP contribution in [0, 0.1) is 0 Å². The summed E-state index contributed by atoms with van der Waals surface area (Å²) in [7, 11) is 1.57. The summed E-state index contributed by atoms with van der Waals surface area (Å²) in [5.41, 5.74) is -2.73. The summed E-state index contributed by atoms with van der Waals surface area (Å²) in [4.78, 5) is 11.7. The topological polar surface area (TPSA) is 59.1 Å². The van der Waals surface area contributed by atoms with Crippen molar-refractivity contribution in [3.8, 4) is 0 Å². The van der Waals surface area contributed by atoms with Crippen LogP contribution in [0.25, 0.3) is 6.08 Å². The third-order valence-corrected chi connectivity index (χ3v) is 5.29. The molecule has 1 aliphatic heterocycles. The molecule has 4 nitrogen and oxygen atoms in total. The van der Waals surface area contributed by atoms with E-state index >= 15 is 0 Å². The molecule has 2 fully saturated rings. The van der Waals surface area contributed by atoms with Gasteiger partial charge in [-0.15, -0.1) is 0 Å². The molecule has 0 amide bonds. The lowest BCUT2D eigenvalue weighted by molar-refractivity contribution is -0.182. The highest BCUT2D eigenvalue weighted by atomic mass is 16.7. The minimum Gasteiger partial charge on any atom is -0.378 e. The Kier molecular flexibility index (Phi) is 1.97. The molecule has 0 spiro atoms. The molecule has 20 heavy (non-hydrogen) atoms. The Bertz CT molecular complexity index is 654. The van der Waals surface area contributed by atoms with Gasteiger partial charge in [-0.25, -0.2) is 0 Å². The van der Waals surface area contributed by atoms with Gasteiger partial charge in [-0.05, 0) is 24.1 Å². The Balaban J connectivity index is 2.06. The average Bonchev–Trinajstić information content (AvgIpc) is 3.03. The van der Waals surface area contributed by atoms with Gasteiger partial charge in [-0.2, -0.15) is 0 Å². The first kappa shape index (κ1) is 12.3. The predicted octanol–water partition coefficient (Wildman–Crippen LogP) is 1.42. The minimum absolute atomic E-state index is 0.455. The van der Waals surface area contributed by atoms with Crippen LogP contribution in [0.1, 0.15) is 24.5 Å².